The predicted octanol–water partition coefficient (Wildman–Crippen LogP) is 4.73. The molecule has 0 aliphatic heterocycles. The number of carbonyl (C=O) groups excluding carboxylic acids is 1. The monoisotopic (exact) mass is 371 g/mol. The lowest BCUT2D eigenvalue weighted by Gasteiger charge is -2.29. The van der Waals surface area contributed by atoms with Crippen LogP contribution in [0, 0.1) is 13.5 Å². The largest absolute Gasteiger partial charge is 0.383 e. The molecular formula is C23H21N3O2. The van der Waals surface area contributed by atoms with Gasteiger partial charge in [0.25, 0.3) is 0 Å². The number of Topliss-reactive ketones (excluding diaryl/α,β-unsaturated/α-hetero) is 1. The first-order valence-electron chi connectivity index (χ1n) is 9.38. The molecule has 0 saturated heterocycles. The van der Waals surface area contributed by atoms with Gasteiger partial charge in [0.15, 0.2) is 5.69 Å². The molecule has 2 aromatic carbocycles. The van der Waals surface area contributed by atoms with Gasteiger partial charge in [-0.15, -0.1) is 0 Å². The molecule has 0 radical (unpaired) electrons. The molecule has 1 aliphatic carbocycles. The van der Waals surface area contributed by atoms with Crippen molar-refractivity contribution in [3.8, 4) is 16.9 Å². The third kappa shape index (κ3) is 3.35. The molecule has 5 nitrogen and oxygen atoms in total. The van der Waals surface area contributed by atoms with Gasteiger partial charge in [0.05, 0.1) is 23.6 Å². The van der Waals surface area contributed by atoms with Crippen molar-refractivity contribution in [2.75, 3.05) is 0 Å². The van der Waals surface area contributed by atoms with Crippen molar-refractivity contribution in [3.05, 3.63) is 77.3 Å². The number of aliphatic hydroxyl groups is 1. The van der Waals surface area contributed by atoms with Gasteiger partial charge in [-0.3, -0.25) is 4.79 Å². The first kappa shape index (κ1) is 18.1. The average Bonchev–Trinajstić information content (AvgIpc) is 3.17. The number of carbonyl (C=O) groups is 1. The number of nitrogens with zero attached hydrogens (tertiary/aromatic N) is 3. The van der Waals surface area contributed by atoms with Crippen LogP contribution in [0.25, 0.3) is 21.8 Å². The molecule has 0 amide bonds. The van der Waals surface area contributed by atoms with Crippen molar-refractivity contribution in [3.63, 3.8) is 0 Å². The smallest absolute Gasteiger partial charge is 0.187 e. The van der Waals surface area contributed by atoms with Crippen molar-refractivity contribution in [1.29, 1.82) is 0 Å². The van der Waals surface area contributed by atoms with E-state index in [1.54, 1.807) is 12.1 Å². The third-order valence-corrected chi connectivity index (χ3v) is 5.39. The molecule has 1 saturated carbocycles. The number of hydrogen-bond acceptors (Lipinski definition) is 3. The number of aryl methyl sites for hydroxylation is 1. The zero-order valence-electron chi connectivity index (χ0n) is 15.7. The standard InChI is InChI=1S/C23H21N3O2/c1-16-3-5-17(6-4-16)21-15-22(23(28)13-11-20(27)12-14-23)25-26(21)19-9-7-18(24-2)8-10-19/h3-10,15,28H,11-14H2,1H3. The Labute approximate surface area is 164 Å². The molecule has 28 heavy (non-hydrogen) atoms. The molecule has 0 spiro atoms. The van der Waals surface area contributed by atoms with Crippen LogP contribution in [0.4, 0.5) is 5.69 Å². The molecule has 1 N–H and O–H groups in total. The summed E-state index contributed by atoms with van der Waals surface area (Å²) in [6.45, 7) is 9.18. The van der Waals surface area contributed by atoms with Crippen LogP contribution in [-0.4, -0.2) is 20.7 Å². The Morgan fingerprint density at radius 3 is 2.32 bits per heavy atom. The summed E-state index contributed by atoms with van der Waals surface area (Å²) in [7, 11) is 0. The molecule has 1 fully saturated rings. The Bertz CT molecular complexity index is 1050. The van der Waals surface area contributed by atoms with E-state index in [2.05, 4.69) is 4.85 Å². The highest BCUT2D eigenvalue weighted by Gasteiger charge is 2.37. The second kappa shape index (κ2) is 7.06. The van der Waals surface area contributed by atoms with Gasteiger partial charge in [-0.2, -0.15) is 5.10 Å². The molecule has 1 aliphatic rings. The molecule has 140 valence electrons. The topological polar surface area (TPSA) is 59.5 Å². The third-order valence-electron chi connectivity index (χ3n) is 5.39. The number of hydrogen-bond donors (Lipinski definition) is 1. The normalized spacial score (nSPS) is 16.0. The first-order chi connectivity index (χ1) is 13.5. The van der Waals surface area contributed by atoms with E-state index in [1.165, 1.54) is 5.56 Å². The summed E-state index contributed by atoms with van der Waals surface area (Å²) in [4.78, 5) is 15.1. The molecule has 4 rings (SSSR count). The average molecular weight is 371 g/mol. The second-order valence-corrected chi connectivity index (χ2v) is 7.39. The zero-order valence-corrected chi connectivity index (χ0v) is 15.7. The number of aromatic nitrogens is 2. The minimum Gasteiger partial charge on any atom is -0.383 e. The predicted molar refractivity (Wildman–Crippen MR) is 107 cm³/mol. The highest BCUT2D eigenvalue weighted by atomic mass is 16.3. The van der Waals surface area contributed by atoms with Gasteiger partial charge in [-0.05, 0) is 38.0 Å². The number of benzene rings is 2. The van der Waals surface area contributed by atoms with Crippen molar-refractivity contribution < 1.29 is 9.90 Å². The maximum Gasteiger partial charge on any atom is 0.187 e. The van der Waals surface area contributed by atoms with Crippen LogP contribution in [0.2, 0.25) is 0 Å². The van der Waals surface area contributed by atoms with Gasteiger partial charge < -0.3 is 5.11 Å². The quantitative estimate of drug-likeness (QED) is 0.677. The Morgan fingerprint density at radius 2 is 1.71 bits per heavy atom. The maximum atomic E-state index is 11.6. The highest BCUT2D eigenvalue weighted by Crippen LogP contribution is 2.37. The van der Waals surface area contributed by atoms with Gasteiger partial charge in [0.2, 0.25) is 0 Å². The summed E-state index contributed by atoms with van der Waals surface area (Å²) in [5.74, 6) is 0.192. The van der Waals surface area contributed by atoms with Gasteiger partial charge in [-0.25, -0.2) is 9.53 Å². The zero-order chi connectivity index (χ0) is 19.7. The summed E-state index contributed by atoms with van der Waals surface area (Å²) >= 11 is 0. The van der Waals surface area contributed by atoms with Crippen molar-refractivity contribution in [1.82, 2.24) is 9.78 Å². The van der Waals surface area contributed by atoms with Crippen molar-refractivity contribution in [2.24, 2.45) is 0 Å². The fraction of sp³-hybridized carbons (Fsp3) is 0.261. The summed E-state index contributed by atoms with van der Waals surface area (Å²) < 4.78 is 1.81. The summed E-state index contributed by atoms with van der Waals surface area (Å²) in [5.41, 5.74) is 3.92. The SMILES string of the molecule is [C-]#[N+]c1ccc(-n2nc(C3(O)CCC(=O)CC3)cc2-c2ccc(C)cc2)cc1. The number of ketones is 1. The minimum atomic E-state index is -1.09. The van der Waals surface area contributed by atoms with E-state index in [0.29, 0.717) is 37.1 Å². The van der Waals surface area contributed by atoms with E-state index >= 15 is 0 Å². The van der Waals surface area contributed by atoms with E-state index in [0.717, 1.165) is 16.9 Å². The molecule has 0 unspecified atom stereocenters. The van der Waals surface area contributed by atoms with Crippen LogP contribution in [0.3, 0.4) is 0 Å². The summed E-state index contributed by atoms with van der Waals surface area (Å²) in [6, 6.07) is 17.3. The maximum absolute atomic E-state index is 11.6. The summed E-state index contributed by atoms with van der Waals surface area (Å²) in [6.07, 6.45) is 1.55. The number of rotatable bonds is 3. The molecule has 3 aromatic rings. The van der Waals surface area contributed by atoms with Crippen LogP contribution >= 0.6 is 0 Å². The lowest BCUT2D eigenvalue weighted by molar-refractivity contribution is -0.125. The highest BCUT2D eigenvalue weighted by molar-refractivity contribution is 5.79. The van der Waals surface area contributed by atoms with E-state index in [1.807, 2.05) is 54.1 Å². The lowest BCUT2D eigenvalue weighted by Crippen LogP contribution is -2.32. The van der Waals surface area contributed by atoms with Crippen LogP contribution in [0.5, 0.6) is 0 Å². The Hall–Kier alpha value is -3.23. The van der Waals surface area contributed by atoms with Gasteiger partial charge in [0, 0.05) is 18.4 Å². The molecular weight excluding hydrogens is 350 g/mol. The Kier molecular flexibility index (Phi) is 4.58. The van der Waals surface area contributed by atoms with E-state index < -0.39 is 5.60 Å². The molecule has 1 aromatic heterocycles. The van der Waals surface area contributed by atoms with Crippen molar-refractivity contribution >= 4 is 11.5 Å². The first-order valence-corrected chi connectivity index (χ1v) is 9.38. The van der Waals surface area contributed by atoms with E-state index in [4.69, 9.17) is 11.7 Å². The summed E-state index contributed by atoms with van der Waals surface area (Å²) in [5, 5.41) is 15.9. The minimum absolute atomic E-state index is 0.192. The lowest BCUT2D eigenvalue weighted by atomic mass is 9.82. The van der Waals surface area contributed by atoms with E-state index in [9.17, 15) is 9.90 Å². The van der Waals surface area contributed by atoms with Crippen LogP contribution < -0.4 is 0 Å². The molecule has 0 atom stereocenters. The van der Waals surface area contributed by atoms with Gasteiger partial charge in [0.1, 0.15) is 11.4 Å². The van der Waals surface area contributed by atoms with E-state index in [-0.39, 0.29) is 5.78 Å². The van der Waals surface area contributed by atoms with Crippen LogP contribution in [0.1, 0.15) is 36.9 Å². The van der Waals surface area contributed by atoms with Crippen LogP contribution in [-0.2, 0) is 10.4 Å². The van der Waals surface area contributed by atoms with Crippen LogP contribution in [0.15, 0.2) is 54.6 Å². The fourth-order valence-corrected chi connectivity index (χ4v) is 3.60. The molecule has 0 bridgehead atoms. The molecule has 1 heterocycles. The Balaban J connectivity index is 1.83. The van der Waals surface area contributed by atoms with Gasteiger partial charge >= 0.3 is 0 Å². The Morgan fingerprint density at radius 1 is 1.07 bits per heavy atom. The fourth-order valence-electron chi connectivity index (χ4n) is 3.60. The molecule has 5 heteroatoms. The second-order valence-electron chi connectivity index (χ2n) is 7.39. The van der Waals surface area contributed by atoms with Gasteiger partial charge in [-0.1, -0.05) is 42.0 Å². The van der Waals surface area contributed by atoms with Crippen molar-refractivity contribution in [2.45, 2.75) is 38.2 Å².